The number of aromatic nitrogens is 1. The summed E-state index contributed by atoms with van der Waals surface area (Å²) in [5.74, 6) is 0.276. The molecule has 116 valence electrons. The Morgan fingerprint density at radius 3 is 2.59 bits per heavy atom. The topological polar surface area (TPSA) is 59.1 Å². The molecular formula is C18H22N2O2. The average molecular weight is 298 g/mol. The highest BCUT2D eigenvalue weighted by molar-refractivity contribution is 5.93. The summed E-state index contributed by atoms with van der Waals surface area (Å²) in [7, 11) is 0. The number of fused-ring (bicyclic) bond motifs is 1. The normalized spacial score (nSPS) is 10.6. The largest absolute Gasteiger partial charge is 0.326 e. The lowest BCUT2D eigenvalue weighted by Gasteiger charge is -2.06. The number of carbonyl (C=O) groups is 2. The SMILES string of the molecule is CC(=O)CCCCCCC(=O)Nc1ccc2ncccc2c1. The molecule has 1 amide bonds. The van der Waals surface area contributed by atoms with E-state index in [1.54, 1.807) is 13.1 Å². The van der Waals surface area contributed by atoms with E-state index in [-0.39, 0.29) is 11.7 Å². The number of rotatable bonds is 8. The molecule has 0 bridgehead atoms. The van der Waals surface area contributed by atoms with Crippen molar-refractivity contribution in [2.45, 2.75) is 45.4 Å². The van der Waals surface area contributed by atoms with Crippen LogP contribution in [0.15, 0.2) is 36.5 Å². The molecule has 1 N–H and O–H groups in total. The van der Waals surface area contributed by atoms with Gasteiger partial charge in [-0.05, 0) is 44.0 Å². The lowest BCUT2D eigenvalue weighted by Crippen LogP contribution is -2.11. The number of carbonyl (C=O) groups excluding carboxylic acids is 2. The Morgan fingerprint density at radius 2 is 1.82 bits per heavy atom. The number of benzene rings is 1. The van der Waals surface area contributed by atoms with Crippen LogP contribution in [-0.4, -0.2) is 16.7 Å². The zero-order valence-electron chi connectivity index (χ0n) is 13.0. The van der Waals surface area contributed by atoms with Crippen molar-refractivity contribution in [3.05, 3.63) is 36.5 Å². The maximum absolute atomic E-state index is 11.9. The Morgan fingerprint density at radius 1 is 1.05 bits per heavy atom. The highest BCUT2D eigenvalue weighted by atomic mass is 16.1. The van der Waals surface area contributed by atoms with E-state index in [1.807, 2.05) is 30.3 Å². The third-order valence-corrected chi connectivity index (χ3v) is 3.57. The zero-order valence-corrected chi connectivity index (χ0v) is 13.0. The molecule has 0 aliphatic rings. The molecule has 2 rings (SSSR count). The average Bonchev–Trinajstić information content (AvgIpc) is 2.50. The summed E-state index contributed by atoms with van der Waals surface area (Å²) in [5, 5.41) is 3.94. The van der Waals surface area contributed by atoms with Crippen LogP contribution < -0.4 is 5.32 Å². The van der Waals surface area contributed by atoms with Crippen LogP contribution in [0, 0.1) is 0 Å². The minimum absolute atomic E-state index is 0.0369. The van der Waals surface area contributed by atoms with Gasteiger partial charge in [-0.25, -0.2) is 0 Å². The summed E-state index contributed by atoms with van der Waals surface area (Å²) in [4.78, 5) is 27.0. The van der Waals surface area contributed by atoms with Crippen LogP contribution in [-0.2, 0) is 9.59 Å². The van der Waals surface area contributed by atoms with Crippen molar-refractivity contribution >= 4 is 28.3 Å². The first-order valence-electron chi connectivity index (χ1n) is 7.79. The molecule has 0 fully saturated rings. The molecule has 0 atom stereocenters. The second-order valence-corrected chi connectivity index (χ2v) is 5.58. The first-order chi connectivity index (χ1) is 10.6. The lowest BCUT2D eigenvalue weighted by molar-refractivity contribution is -0.117. The van der Waals surface area contributed by atoms with E-state index in [4.69, 9.17) is 0 Å². The van der Waals surface area contributed by atoms with Crippen molar-refractivity contribution in [3.8, 4) is 0 Å². The molecule has 0 saturated heterocycles. The number of amides is 1. The molecule has 0 radical (unpaired) electrons. The third-order valence-electron chi connectivity index (χ3n) is 3.57. The minimum atomic E-state index is 0.0369. The standard InChI is InChI=1S/C18H22N2O2/c1-14(21)7-4-2-3-5-9-18(22)20-16-10-11-17-15(13-16)8-6-12-19-17/h6,8,10-13H,2-5,7,9H2,1H3,(H,20,22). The number of anilines is 1. The molecule has 0 aliphatic carbocycles. The van der Waals surface area contributed by atoms with Crippen LogP contribution >= 0.6 is 0 Å². The van der Waals surface area contributed by atoms with E-state index < -0.39 is 0 Å². The number of pyridine rings is 1. The van der Waals surface area contributed by atoms with Gasteiger partial charge in [-0.3, -0.25) is 9.78 Å². The smallest absolute Gasteiger partial charge is 0.224 e. The lowest BCUT2D eigenvalue weighted by atomic mass is 10.1. The van der Waals surface area contributed by atoms with Crippen molar-refractivity contribution in [1.82, 2.24) is 4.98 Å². The second kappa shape index (κ2) is 8.27. The third kappa shape index (κ3) is 5.28. The summed E-state index contributed by atoms with van der Waals surface area (Å²) in [5.41, 5.74) is 1.73. The highest BCUT2D eigenvalue weighted by Crippen LogP contribution is 2.17. The van der Waals surface area contributed by atoms with E-state index in [9.17, 15) is 9.59 Å². The second-order valence-electron chi connectivity index (χ2n) is 5.58. The van der Waals surface area contributed by atoms with Gasteiger partial charge >= 0.3 is 0 Å². The summed E-state index contributed by atoms with van der Waals surface area (Å²) < 4.78 is 0. The van der Waals surface area contributed by atoms with Gasteiger partial charge in [0.25, 0.3) is 0 Å². The number of ketones is 1. The van der Waals surface area contributed by atoms with E-state index in [1.165, 1.54) is 0 Å². The monoisotopic (exact) mass is 298 g/mol. The van der Waals surface area contributed by atoms with Gasteiger partial charge in [0.1, 0.15) is 5.78 Å². The van der Waals surface area contributed by atoms with Crippen LogP contribution in [0.25, 0.3) is 10.9 Å². The zero-order chi connectivity index (χ0) is 15.8. The van der Waals surface area contributed by atoms with Crippen molar-refractivity contribution in [1.29, 1.82) is 0 Å². The molecule has 1 aromatic carbocycles. The number of nitrogens with one attached hydrogen (secondary N) is 1. The van der Waals surface area contributed by atoms with Crippen molar-refractivity contribution in [2.24, 2.45) is 0 Å². The first-order valence-corrected chi connectivity index (χ1v) is 7.79. The first kappa shape index (κ1) is 16.1. The Labute approximate surface area is 130 Å². The molecule has 0 saturated carbocycles. The molecule has 0 aliphatic heterocycles. The van der Waals surface area contributed by atoms with Crippen LogP contribution in [0.1, 0.15) is 45.4 Å². The van der Waals surface area contributed by atoms with Gasteiger partial charge < -0.3 is 10.1 Å². The molecule has 0 spiro atoms. The maximum Gasteiger partial charge on any atom is 0.224 e. The van der Waals surface area contributed by atoms with Gasteiger partial charge in [0, 0.05) is 30.1 Å². The fraction of sp³-hybridized carbons (Fsp3) is 0.389. The van der Waals surface area contributed by atoms with Crippen LogP contribution in [0.5, 0.6) is 0 Å². The molecule has 22 heavy (non-hydrogen) atoms. The predicted molar refractivity (Wildman–Crippen MR) is 88.8 cm³/mol. The van der Waals surface area contributed by atoms with Crippen LogP contribution in [0.3, 0.4) is 0 Å². The van der Waals surface area contributed by atoms with Gasteiger partial charge in [0.15, 0.2) is 0 Å². The molecule has 1 aromatic heterocycles. The maximum atomic E-state index is 11.9. The summed E-state index contributed by atoms with van der Waals surface area (Å²) >= 11 is 0. The Bertz CT molecular complexity index is 652. The van der Waals surface area contributed by atoms with Gasteiger partial charge in [0.2, 0.25) is 5.91 Å². The van der Waals surface area contributed by atoms with E-state index >= 15 is 0 Å². The molecule has 4 nitrogen and oxygen atoms in total. The number of Topliss-reactive ketones (excluding diaryl/α,β-unsaturated/α-hetero) is 1. The van der Waals surface area contributed by atoms with Gasteiger partial charge in [-0.15, -0.1) is 0 Å². The number of hydrogen-bond donors (Lipinski definition) is 1. The van der Waals surface area contributed by atoms with Gasteiger partial charge in [-0.1, -0.05) is 18.9 Å². The fourth-order valence-corrected chi connectivity index (χ4v) is 2.39. The highest BCUT2D eigenvalue weighted by Gasteiger charge is 2.03. The van der Waals surface area contributed by atoms with Crippen molar-refractivity contribution < 1.29 is 9.59 Å². The Kier molecular flexibility index (Phi) is 6.07. The quantitative estimate of drug-likeness (QED) is 0.746. The number of nitrogens with zero attached hydrogens (tertiary/aromatic N) is 1. The van der Waals surface area contributed by atoms with Crippen LogP contribution in [0.2, 0.25) is 0 Å². The summed E-state index contributed by atoms with van der Waals surface area (Å²) in [6.07, 6.45) is 6.71. The Hall–Kier alpha value is -2.23. The Balaban J connectivity index is 1.73. The van der Waals surface area contributed by atoms with E-state index in [2.05, 4.69) is 10.3 Å². The number of unbranched alkanes of at least 4 members (excludes halogenated alkanes) is 3. The fourth-order valence-electron chi connectivity index (χ4n) is 2.39. The van der Waals surface area contributed by atoms with Crippen LogP contribution in [0.4, 0.5) is 5.69 Å². The van der Waals surface area contributed by atoms with E-state index in [0.717, 1.165) is 42.3 Å². The molecule has 4 heteroatoms. The number of hydrogen-bond acceptors (Lipinski definition) is 3. The van der Waals surface area contributed by atoms with Crippen molar-refractivity contribution in [2.75, 3.05) is 5.32 Å². The van der Waals surface area contributed by atoms with E-state index in [0.29, 0.717) is 12.8 Å². The minimum Gasteiger partial charge on any atom is -0.326 e. The molecule has 1 heterocycles. The van der Waals surface area contributed by atoms with Gasteiger partial charge in [0.05, 0.1) is 5.52 Å². The van der Waals surface area contributed by atoms with Gasteiger partial charge in [-0.2, -0.15) is 0 Å². The molecule has 0 unspecified atom stereocenters. The summed E-state index contributed by atoms with van der Waals surface area (Å²) in [6.45, 7) is 1.62. The summed E-state index contributed by atoms with van der Waals surface area (Å²) in [6, 6.07) is 9.59. The molecular weight excluding hydrogens is 276 g/mol. The molecule has 2 aromatic rings. The predicted octanol–water partition coefficient (Wildman–Crippen LogP) is 4.10. The van der Waals surface area contributed by atoms with Crippen molar-refractivity contribution in [3.63, 3.8) is 0 Å².